The summed E-state index contributed by atoms with van der Waals surface area (Å²) in [6.07, 6.45) is -0.337. The molecule has 30 heavy (non-hydrogen) atoms. The average Bonchev–Trinajstić information content (AvgIpc) is 2.72. The molecule has 0 aliphatic rings. The summed E-state index contributed by atoms with van der Waals surface area (Å²) < 4.78 is 57.9. The van der Waals surface area contributed by atoms with Crippen LogP contribution in [0, 0.1) is 0 Å². The number of nitrogens with zero attached hydrogens (tertiary/aromatic N) is 2. The molecule has 0 saturated heterocycles. The summed E-state index contributed by atoms with van der Waals surface area (Å²) in [6.45, 7) is 2.74. The van der Waals surface area contributed by atoms with E-state index in [1.807, 2.05) is 0 Å². The van der Waals surface area contributed by atoms with Crippen molar-refractivity contribution in [3.05, 3.63) is 60.7 Å². The van der Waals surface area contributed by atoms with Gasteiger partial charge >= 0.3 is 20.2 Å². The lowest BCUT2D eigenvalue weighted by Gasteiger charge is -2.06. The molecule has 0 spiro atoms. The quantitative estimate of drug-likeness (QED) is 0.400. The fourth-order valence-corrected chi connectivity index (χ4v) is 3.80. The van der Waals surface area contributed by atoms with Gasteiger partial charge in [-0.25, -0.2) is 0 Å². The minimum atomic E-state index is -4.16. The first-order valence-corrected chi connectivity index (χ1v) is 11.5. The standard InChI is InChI=1S/C19H20N2O7S2/c1-15(20-27-29(23,24)18-9-5-3-6-10-18)13-17(14-16(2)22)21-28-30(25,26)19-11-7-4-8-12-19/h3-12H,13-14H2,1-2H3. The van der Waals surface area contributed by atoms with Crippen molar-refractivity contribution in [2.75, 3.05) is 0 Å². The van der Waals surface area contributed by atoms with Crippen molar-refractivity contribution in [3.8, 4) is 0 Å². The minimum absolute atomic E-state index is 0.0453. The van der Waals surface area contributed by atoms with Gasteiger partial charge < -0.3 is 0 Å². The Bertz CT molecular complexity index is 1140. The Morgan fingerprint density at radius 1 is 0.733 bits per heavy atom. The van der Waals surface area contributed by atoms with Crippen LogP contribution in [0.25, 0.3) is 0 Å². The molecule has 0 unspecified atom stereocenters. The van der Waals surface area contributed by atoms with Crippen LogP contribution in [0.5, 0.6) is 0 Å². The number of benzene rings is 2. The molecule has 0 aromatic heterocycles. The third-order valence-electron chi connectivity index (χ3n) is 3.53. The Morgan fingerprint density at radius 2 is 1.17 bits per heavy atom. The van der Waals surface area contributed by atoms with E-state index in [2.05, 4.69) is 18.9 Å². The molecule has 0 heterocycles. The summed E-state index contributed by atoms with van der Waals surface area (Å²) in [7, 11) is -8.27. The van der Waals surface area contributed by atoms with Crippen molar-refractivity contribution < 1.29 is 30.2 Å². The SMILES string of the molecule is CC(=O)CC(CC(C)=NOS(=O)(=O)c1ccccc1)=NOS(=O)(=O)c1ccccc1. The highest BCUT2D eigenvalue weighted by Gasteiger charge is 2.18. The van der Waals surface area contributed by atoms with Gasteiger partial charge in [-0.3, -0.25) is 13.4 Å². The molecular weight excluding hydrogens is 432 g/mol. The molecule has 0 saturated carbocycles. The number of hydrogen-bond donors (Lipinski definition) is 0. The Morgan fingerprint density at radius 3 is 1.60 bits per heavy atom. The van der Waals surface area contributed by atoms with E-state index < -0.39 is 20.2 Å². The maximum absolute atomic E-state index is 12.2. The predicted octanol–water partition coefficient (Wildman–Crippen LogP) is 2.90. The second-order valence-corrected chi connectivity index (χ2v) is 9.28. The van der Waals surface area contributed by atoms with E-state index >= 15 is 0 Å². The highest BCUT2D eigenvalue weighted by Crippen LogP contribution is 2.14. The molecule has 2 rings (SSSR count). The summed E-state index contributed by atoms with van der Waals surface area (Å²) in [6, 6.07) is 14.8. The van der Waals surface area contributed by atoms with E-state index in [-0.39, 0.29) is 39.8 Å². The molecule has 0 aliphatic heterocycles. The molecular formula is C19H20N2O7S2. The van der Waals surface area contributed by atoms with E-state index in [0.29, 0.717) is 0 Å². The Hall–Kier alpha value is -3.05. The monoisotopic (exact) mass is 452 g/mol. The summed E-state index contributed by atoms with van der Waals surface area (Å²) in [5.74, 6) is -0.292. The Labute approximate surface area is 175 Å². The van der Waals surface area contributed by atoms with E-state index in [0.717, 1.165) is 0 Å². The van der Waals surface area contributed by atoms with Crippen LogP contribution in [0.4, 0.5) is 0 Å². The summed E-state index contributed by atoms with van der Waals surface area (Å²) >= 11 is 0. The van der Waals surface area contributed by atoms with Gasteiger partial charge in [0.05, 0.1) is 11.4 Å². The third kappa shape index (κ3) is 7.08. The zero-order valence-electron chi connectivity index (χ0n) is 16.3. The van der Waals surface area contributed by atoms with Crippen molar-refractivity contribution in [3.63, 3.8) is 0 Å². The first kappa shape index (κ1) is 23.2. The molecule has 160 valence electrons. The smallest absolute Gasteiger partial charge is 0.300 e. The second kappa shape index (κ2) is 10.1. The van der Waals surface area contributed by atoms with Crippen molar-refractivity contribution in [2.24, 2.45) is 10.3 Å². The zero-order chi connectivity index (χ0) is 22.2. The van der Waals surface area contributed by atoms with Crippen molar-refractivity contribution in [1.29, 1.82) is 0 Å². The van der Waals surface area contributed by atoms with Crippen LogP contribution >= 0.6 is 0 Å². The predicted molar refractivity (Wildman–Crippen MR) is 110 cm³/mol. The van der Waals surface area contributed by atoms with E-state index in [4.69, 9.17) is 0 Å². The summed E-state index contributed by atoms with van der Waals surface area (Å²) in [4.78, 5) is 11.3. The molecule has 0 amide bonds. The van der Waals surface area contributed by atoms with Gasteiger partial charge in [-0.15, -0.1) is 0 Å². The summed E-state index contributed by atoms with van der Waals surface area (Å²) in [5.41, 5.74) is 0.194. The topological polar surface area (TPSA) is 129 Å². The average molecular weight is 453 g/mol. The van der Waals surface area contributed by atoms with Crippen LogP contribution < -0.4 is 0 Å². The molecule has 9 nitrogen and oxygen atoms in total. The molecule has 2 aromatic rings. The van der Waals surface area contributed by atoms with Gasteiger partial charge in [-0.05, 0) is 38.1 Å². The van der Waals surface area contributed by atoms with Crippen LogP contribution in [-0.2, 0) is 33.6 Å². The molecule has 0 fully saturated rings. The fraction of sp³-hybridized carbons (Fsp3) is 0.211. The van der Waals surface area contributed by atoms with Crippen molar-refractivity contribution in [1.82, 2.24) is 0 Å². The van der Waals surface area contributed by atoms with Crippen molar-refractivity contribution in [2.45, 2.75) is 36.5 Å². The van der Waals surface area contributed by atoms with Crippen molar-refractivity contribution >= 4 is 37.4 Å². The van der Waals surface area contributed by atoms with E-state index in [1.165, 1.54) is 62.4 Å². The van der Waals surface area contributed by atoms with Gasteiger partial charge in [0.25, 0.3) is 0 Å². The molecule has 0 radical (unpaired) electrons. The maximum Gasteiger partial charge on any atom is 0.358 e. The normalized spacial score (nSPS) is 13.0. The van der Waals surface area contributed by atoms with E-state index in [1.54, 1.807) is 12.1 Å². The molecule has 0 N–H and O–H groups in total. The Balaban J connectivity index is 2.14. The Kier molecular flexibility index (Phi) is 7.84. The third-order valence-corrected chi connectivity index (χ3v) is 5.77. The molecule has 0 bridgehead atoms. The number of Topliss-reactive ketones (excluding diaryl/α,β-unsaturated/α-hetero) is 1. The van der Waals surface area contributed by atoms with Crippen LogP contribution in [0.2, 0.25) is 0 Å². The van der Waals surface area contributed by atoms with E-state index in [9.17, 15) is 21.6 Å². The molecule has 2 aromatic carbocycles. The second-order valence-electron chi connectivity index (χ2n) is 6.22. The van der Waals surface area contributed by atoms with Gasteiger partial charge in [0.1, 0.15) is 15.6 Å². The number of hydrogen-bond acceptors (Lipinski definition) is 9. The lowest BCUT2D eigenvalue weighted by molar-refractivity contribution is -0.115. The van der Waals surface area contributed by atoms with Crippen LogP contribution in [-0.4, -0.2) is 34.0 Å². The van der Waals surface area contributed by atoms with Crippen LogP contribution in [0.3, 0.4) is 0 Å². The zero-order valence-corrected chi connectivity index (χ0v) is 17.9. The maximum atomic E-state index is 12.2. The largest absolute Gasteiger partial charge is 0.358 e. The number of rotatable bonds is 10. The molecule has 0 atom stereocenters. The van der Waals surface area contributed by atoms with Gasteiger partial charge in [0, 0.05) is 12.8 Å². The lowest BCUT2D eigenvalue weighted by Crippen LogP contribution is -2.13. The first-order valence-electron chi connectivity index (χ1n) is 8.66. The highest BCUT2D eigenvalue weighted by molar-refractivity contribution is 7.87. The van der Waals surface area contributed by atoms with Gasteiger partial charge in [0.2, 0.25) is 0 Å². The highest BCUT2D eigenvalue weighted by atomic mass is 32.2. The number of ketones is 1. The van der Waals surface area contributed by atoms with Crippen LogP contribution in [0.1, 0.15) is 26.7 Å². The molecule has 0 aliphatic carbocycles. The number of carbonyl (C=O) groups is 1. The molecule has 11 heteroatoms. The van der Waals surface area contributed by atoms with Gasteiger partial charge in [-0.2, -0.15) is 16.8 Å². The van der Waals surface area contributed by atoms with Crippen LogP contribution in [0.15, 0.2) is 80.8 Å². The minimum Gasteiger partial charge on any atom is -0.300 e. The fourth-order valence-electron chi connectivity index (χ4n) is 2.22. The van der Waals surface area contributed by atoms with Gasteiger partial charge in [0.15, 0.2) is 0 Å². The first-order chi connectivity index (χ1) is 14.1. The number of oxime groups is 2. The lowest BCUT2D eigenvalue weighted by atomic mass is 10.1. The summed E-state index contributed by atoms with van der Waals surface area (Å²) in [5, 5.41) is 7.13. The van der Waals surface area contributed by atoms with Gasteiger partial charge in [-0.1, -0.05) is 46.7 Å². The number of carbonyl (C=O) groups excluding carboxylic acids is 1.